The summed E-state index contributed by atoms with van der Waals surface area (Å²) in [7, 11) is 0. The molecule has 1 atom stereocenters. The fourth-order valence-electron chi connectivity index (χ4n) is 1.44. The Balaban J connectivity index is 2.42. The summed E-state index contributed by atoms with van der Waals surface area (Å²) in [6, 6.07) is 5.11. The molecule has 3 N–H and O–H groups in total. The molecule has 4 nitrogen and oxygen atoms in total. The maximum absolute atomic E-state index is 11.6. The van der Waals surface area contributed by atoms with Gasteiger partial charge >= 0.3 is 6.03 Å². The third kappa shape index (κ3) is 4.94. The molecule has 0 heterocycles. The standard InChI is InChI=1S/C13H19ClN2O2/c1-9(5-6-17)8-15-13(18)16-11-4-3-10(2)12(14)7-11/h3-4,7,9,17H,5-6,8H2,1-2H3,(H2,15,16,18). The molecule has 0 saturated heterocycles. The van der Waals surface area contributed by atoms with Crippen LogP contribution in [0, 0.1) is 12.8 Å². The molecule has 5 heteroatoms. The Morgan fingerprint density at radius 1 is 1.50 bits per heavy atom. The van der Waals surface area contributed by atoms with Crippen LogP contribution in [0.2, 0.25) is 5.02 Å². The molecule has 1 aromatic carbocycles. The number of aryl methyl sites for hydroxylation is 1. The Morgan fingerprint density at radius 3 is 2.83 bits per heavy atom. The Labute approximate surface area is 112 Å². The van der Waals surface area contributed by atoms with Crippen molar-refractivity contribution in [1.29, 1.82) is 0 Å². The molecule has 18 heavy (non-hydrogen) atoms. The average Bonchev–Trinajstić information content (AvgIpc) is 2.32. The van der Waals surface area contributed by atoms with E-state index in [1.807, 2.05) is 19.9 Å². The molecule has 0 aliphatic heterocycles. The van der Waals surface area contributed by atoms with Gasteiger partial charge in [-0.15, -0.1) is 0 Å². The van der Waals surface area contributed by atoms with Crippen LogP contribution in [0.3, 0.4) is 0 Å². The van der Waals surface area contributed by atoms with Crippen molar-refractivity contribution in [2.45, 2.75) is 20.3 Å². The molecule has 0 fully saturated rings. The number of carbonyl (C=O) groups is 1. The maximum atomic E-state index is 11.6. The first-order valence-corrected chi connectivity index (χ1v) is 6.32. The van der Waals surface area contributed by atoms with Crippen LogP contribution in [0.15, 0.2) is 18.2 Å². The monoisotopic (exact) mass is 270 g/mol. The van der Waals surface area contributed by atoms with Crippen molar-refractivity contribution in [3.05, 3.63) is 28.8 Å². The van der Waals surface area contributed by atoms with Crippen LogP contribution in [0.5, 0.6) is 0 Å². The van der Waals surface area contributed by atoms with E-state index in [0.717, 1.165) is 5.56 Å². The number of hydrogen-bond donors (Lipinski definition) is 3. The number of carbonyl (C=O) groups excluding carboxylic acids is 1. The van der Waals surface area contributed by atoms with Gasteiger partial charge < -0.3 is 15.7 Å². The van der Waals surface area contributed by atoms with Crippen molar-refractivity contribution in [2.24, 2.45) is 5.92 Å². The summed E-state index contributed by atoms with van der Waals surface area (Å²) < 4.78 is 0. The minimum Gasteiger partial charge on any atom is -0.396 e. The lowest BCUT2D eigenvalue weighted by Crippen LogP contribution is -2.32. The largest absolute Gasteiger partial charge is 0.396 e. The summed E-state index contributed by atoms with van der Waals surface area (Å²) in [6.07, 6.45) is 0.677. The first kappa shape index (κ1) is 14.8. The molecular formula is C13H19ClN2O2. The molecule has 2 amide bonds. The fraction of sp³-hybridized carbons (Fsp3) is 0.462. The zero-order chi connectivity index (χ0) is 13.5. The Hall–Kier alpha value is -1.26. The lowest BCUT2D eigenvalue weighted by Gasteiger charge is -2.12. The zero-order valence-electron chi connectivity index (χ0n) is 10.7. The molecule has 0 radical (unpaired) electrons. The van der Waals surface area contributed by atoms with E-state index in [0.29, 0.717) is 23.7 Å². The van der Waals surface area contributed by atoms with E-state index < -0.39 is 0 Å². The number of amides is 2. The van der Waals surface area contributed by atoms with Crippen LogP contribution >= 0.6 is 11.6 Å². The maximum Gasteiger partial charge on any atom is 0.319 e. The van der Waals surface area contributed by atoms with Crippen LogP contribution in [-0.2, 0) is 0 Å². The van der Waals surface area contributed by atoms with E-state index in [4.69, 9.17) is 16.7 Å². The van der Waals surface area contributed by atoms with Gasteiger partial charge in [0.2, 0.25) is 0 Å². The summed E-state index contributed by atoms with van der Waals surface area (Å²) in [5.74, 6) is 0.252. The first-order valence-electron chi connectivity index (χ1n) is 5.94. The Bertz CT molecular complexity index is 410. The highest BCUT2D eigenvalue weighted by Crippen LogP contribution is 2.19. The van der Waals surface area contributed by atoms with Crippen LogP contribution < -0.4 is 10.6 Å². The third-order valence-electron chi connectivity index (χ3n) is 2.66. The minimum atomic E-state index is -0.264. The number of aliphatic hydroxyl groups is 1. The van der Waals surface area contributed by atoms with Crippen molar-refractivity contribution in [2.75, 3.05) is 18.5 Å². The molecule has 1 rings (SSSR count). The molecule has 0 aromatic heterocycles. The van der Waals surface area contributed by atoms with Crippen molar-refractivity contribution < 1.29 is 9.90 Å². The molecule has 0 spiro atoms. The van der Waals surface area contributed by atoms with E-state index in [1.165, 1.54) is 0 Å². The highest BCUT2D eigenvalue weighted by molar-refractivity contribution is 6.31. The second-order valence-corrected chi connectivity index (χ2v) is 4.82. The quantitative estimate of drug-likeness (QED) is 0.770. The Kier molecular flexibility index (Phi) is 5.95. The van der Waals surface area contributed by atoms with Crippen molar-refractivity contribution in [1.82, 2.24) is 5.32 Å². The summed E-state index contributed by atoms with van der Waals surface area (Å²) in [6.45, 7) is 4.55. The van der Waals surface area contributed by atoms with Gasteiger partial charge in [-0.25, -0.2) is 4.79 Å². The molecule has 100 valence electrons. The van der Waals surface area contributed by atoms with Gasteiger partial charge in [0.05, 0.1) is 0 Å². The predicted octanol–water partition coefficient (Wildman–Crippen LogP) is 2.79. The second kappa shape index (κ2) is 7.24. The van der Waals surface area contributed by atoms with Gasteiger partial charge in [0.25, 0.3) is 0 Å². The minimum absolute atomic E-state index is 0.137. The highest BCUT2D eigenvalue weighted by atomic mass is 35.5. The lowest BCUT2D eigenvalue weighted by molar-refractivity contribution is 0.243. The summed E-state index contributed by atoms with van der Waals surface area (Å²) >= 11 is 5.97. The number of benzene rings is 1. The number of urea groups is 1. The van der Waals surface area contributed by atoms with Gasteiger partial charge in [-0.05, 0) is 37.0 Å². The average molecular weight is 271 g/mol. The van der Waals surface area contributed by atoms with E-state index in [1.54, 1.807) is 12.1 Å². The first-order chi connectivity index (χ1) is 8.52. The van der Waals surface area contributed by atoms with Crippen LogP contribution in [-0.4, -0.2) is 24.3 Å². The fourth-order valence-corrected chi connectivity index (χ4v) is 1.62. The van der Waals surface area contributed by atoms with Crippen molar-refractivity contribution in [3.8, 4) is 0 Å². The smallest absolute Gasteiger partial charge is 0.319 e. The molecule has 0 aliphatic rings. The van der Waals surface area contributed by atoms with Gasteiger partial charge in [-0.2, -0.15) is 0 Å². The molecular weight excluding hydrogens is 252 g/mol. The van der Waals surface area contributed by atoms with Gasteiger partial charge in [0.15, 0.2) is 0 Å². The summed E-state index contributed by atoms with van der Waals surface area (Å²) in [5.41, 5.74) is 1.64. The number of halogens is 1. The van der Waals surface area contributed by atoms with Crippen LogP contribution in [0.4, 0.5) is 10.5 Å². The molecule has 0 bridgehead atoms. The van der Waals surface area contributed by atoms with E-state index in [-0.39, 0.29) is 18.6 Å². The van der Waals surface area contributed by atoms with Gasteiger partial charge in [-0.1, -0.05) is 24.6 Å². The normalized spacial score (nSPS) is 12.0. The van der Waals surface area contributed by atoms with Gasteiger partial charge in [0.1, 0.15) is 0 Å². The van der Waals surface area contributed by atoms with E-state index in [9.17, 15) is 4.79 Å². The molecule has 0 saturated carbocycles. The van der Waals surface area contributed by atoms with E-state index in [2.05, 4.69) is 10.6 Å². The number of rotatable bonds is 5. The number of nitrogens with one attached hydrogen (secondary N) is 2. The number of hydrogen-bond acceptors (Lipinski definition) is 2. The summed E-state index contributed by atoms with van der Waals surface area (Å²) in [4.78, 5) is 11.6. The summed E-state index contributed by atoms with van der Waals surface area (Å²) in [5, 5.41) is 14.8. The van der Waals surface area contributed by atoms with Gasteiger partial charge in [0, 0.05) is 23.9 Å². The number of anilines is 1. The molecule has 0 aliphatic carbocycles. The van der Waals surface area contributed by atoms with Gasteiger partial charge in [-0.3, -0.25) is 0 Å². The van der Waals surface area contributed by atoms with Crippen LogP contribution in [0.25, 0.3) is 0 Å². The predicted molar refractivity (Wildman–Crippen MR) is 74.1 cm³/mol. The SMILES string of the molecule is Cc1ccc(NC(=O)NCC(C)CCO)cc1Cl. The lowest BCUT2D eigenvalue weighted by atomic mass is 10.1. The highest BCUT2D eigenvalue weighted by Gasteiger charge is 2.06. The molecule has 1 unspecified atom stereocenters. The molecule has 1 aromatic rings. The van der Waals surface area contributed by atoms with Crippen molar-refractivity contribution in [3.63, 3.8) is 0 Å². The third-order valence-corrected chi connectivity index (χ3v) is 3.07. The van der Waals surface area contributed by atoms with Crippen LogP contribution in [0.1, 0.15) is 18.9 Å². The van der Waals surface area contributed by atoms with E-state index >= 15 is 0 Å². The Morgan fingerprint density at radius 2 is 2.22 bits per heavy atom. The second-order valence-electron chi connectivity index (χ2n) is 4.42. The zero-order valence-corrected chi connectivity index (χ0v) is 11.4. The number of aliphatic hydroxyl groups excluding tert-OH is 1. The topological polar surface area (TPSA) is 61.4 Å². The van der Waals surface area contributed by atoms with Crippen molar-refractivity contribution >= 4 is 23.3 Å².